The van der Waals surface area contributed by atoms with Crippen LogP contribution in [0.1, 0.15) is 18.4 Å². The van der Waals surface area contributed by atoms with Gasteiger partial charge in [0.15, 0.2) is 0 Å². The minimum Gasteiger partial charge on any atom is -0.465 e. The van der Waals surface area contributed by atoms with Crippen molar-refractivity contribution in [1.29, 1.82) is 5.26 Å². The van der Waals surface area contributed by atoms with E-state index in [0.29, 0.717) is 11.5 Å². The van der Waals surface area contributed by atoms with Gasteiger partial charge < -0.3 is 9.64 Å². The molecule has 3 heterocycles. The van der Waals surface area contributed by atoms with Gasteiger partial charge in [0, 0.05) is 19.3 Å². The van der Waals surface area contributed by atoms with Crippen LogP contribution < -0.4 is 10.5 Å². The molecule has 1 aliphatic rings. The number of ether oxygens (including phenoxy) is 1. The normalized spacial score (nSPS) is 14.7. The molecule has 1 fully saturated rings. The molecule has 0 unspecified atom stereocenters. The smallest absolute Gasteiger partial charge is 0.348 e. The van der Waals surface area contributed by atoms with Gasteiger partial charge in [0.2, 0.25) is 0 Å². The molecule has 0 amide bonds. The Bertz CT molecular complexity index is 918. The van der Waals surface area contributed by atoms with E-state index >= 15 is 0 Å². The van der Waals surface area contributed by atoms with Gasteiger partial charge in [-0.1, -0.05) is 6.07 Å². The van der Waals surface area contributed by atoms with Gasteiger partial charge in [-0.05, 0) is 31.1 Å². The number of nitriles is 1. The SMILES string of the molecule is COC(=O)/C(C#N)=C/c1c(N2CCCC2)nc2ccccn2c1=O. The second-order valence-electron chi connectivity index (χ2n) is 5.44. The molecule has 0 atom stereocenters. The molecular formula is C17H16N4O3. The zero-order valence-electron chi connectivity index (χ0n) is 13.2. The summed E-state index contributed by atoms with van der Waals surface area (Å²) in [4.78, 5) is 31.1. The van der Waals surface area contributed by atoms with Gasteiger partial charge in [0.05, 0.1) is 12.7 Å². The minimum absolute atomic E-state index is 0.225. The first-order valence-electron chi connectivity index (χ1n) is 7.62. The second kappa shape index (κ2) is 6.54. The molecule has 0 aliphatic carbocycles. The average molecular weight is 324 g/mol. The lowest BCUT2D eigenvalue weighted by atomic mass is 10.1. The quantitative estimate of drug-likeness (QED) is 0.481. The average Bonchev–Trinajstić information content (AvgIpc) is 3.14. The zero-order valence-corrected chi connectivity index (χ0v) is 13.2. The lowest BCUT2D eigenvalue weighted by Gasteiger charge is -2.19. The first-order valence-corrected chi connectivity index (χ1v) is 7.62. The molecule has 3 rings (SSSR count). The third kappa shape index (κ3) is 2.74. The van der Waals surface area contributed by atoms with E-state index in [2.05, 4.69) is 9.72 Å². The van der Waals surface area contributed by atoms with Crippen LogP contribution in [-0.2, 0) is 9.53 Å². The molecule has 2 aromatic rings. The van der Waals surface area contributed by atoms with Crippen molar-refractivity contribution in [1.82, 2.24) is 9.38 Å². The van der Waals surface area contributed by atoms with Crippen LogP contribution in [0.3, 0.4) is 0 Å². The number of carbonyl (C=O) groups excluding carboxylic acids is 1. The topological polar surface area (TPSA) is 87.7 Å². The fraction of sp³-hybridized carbons (Fsp3) is 0.294. The fourth-order valence-electron chi connectivity index (χ4n) is 2.78. The Morgan fingerprint density at radius 3 is 2.79 bits per heavy atom. The van der Waals surface area contributed by atoms with Gasteiger partial charge in [0.1, 0.15) is 23.1 Å². The maximum absolute atomic E-state index is 12.9. The number of pyridine rings is 1. The number of hydrogen-bond acceptors (Lipinski definition) is 6. The molecule has 7 nitrogen and oxygen atoms in total. The molecular weight excluding hydrogens is 308 g/mol. The van der Waals surface area contributed by atoms with Crippen LogP contribution in [-0.4, -0.2) is 35.6 Å². The van der Waals surface area contributed by atoms with Crippen molar-refractivity contribution in [2.24, 2.45) is 0 Å². The van der Waals surface area contributed by atoms with Crippen LogP contribution in [0, 0.1) is 11.3 Å². The lowest BCUT2D eigenvalue weighted by Crippen LogP contribution is -2.27. The van der Waals surface area contributed by atoms with Crippen molar-refractivity contribution in [3.8, 4) is 6.07 Å². The first-order chi connectivity index (χ1) is 11.7. The highest BCUT2D eigenvalue weighted by molar-refractivity contribution is 5.98. The number of aromatic nitrogens is 2. The number of fused-ring (bicyclic) bond motifs is 1. The van der Waals surface area contributed by atoms with Crippen molar-refractivity contribution in [3.63, 3.8) is 0 Å². The Labute approximate surface area is 138 Å². The Hall–Kier alpha value is -3.14. The number of hydrogen-bond donors (Lipinski definition) is 0. The molecule has 1 saturated heterocycles. The number of rotatable bonds is 3. The Balaban J connectivity index is 2.27. The molecule has 0 N–H and O–H groups in total. The van der Waals surface area contributed by atoms with Crippen LogP contribution in [0.4, 0.5) is 5.82 Å². The third-order valence-corrected chi connectivity index (χ3v) is 3.97. The number of methoxy groups -OCH3 is 1. The van der Waals surface area contributed by atoms with E-state index in [0.717, 1.165) is 25.9 Å². The van der Waals surface area contributed by atoms with Crippen molar-refractivity contribution >= 4 is 23.5 Å². The van der Waals surface area contributed by atoms with Crippen LogP contribution in [0.5, 0.6) is 0 Å². The Morgan fingerprint density at radius 1 is 1.38 bits per heavy atom. The summed E-state index contributed by atoms with van der Waals surface area (Å²) in [6, 6.07) is 7.07. The minimum atomic E-state index is -0.776. The van der Waals surface area contributed by atoms with E-state index < -0.39 is 5.97 Å². The monoisotopic (exact) mass is 324 g/mol. The van der Waals surface area contributed by atoms with E-state index in [1.54, 1.807) is 30.5 Å². The second-order valence-corrected chi connectivity index (χ2v) is 5.44. The molecule has 0 bridgehead atoms. The van der Waals surface area contributed by atoms with Crippen LogP contribution >= 0.6 is 0 Å². The van der Waals surface area contributed by atoms with Crippen LogP contribution in [0.2, 0.25) is 0 Å². The van der Waals surface area contributed by atoms with Gasteiger partial charge in [-0.25, -0.2) is 9.78 Å². The van der Waals surface area contributed by atoms with Crippen molar-refractivity contribution in [3.05, 3.63) is 45.9 Å². The highest BCUT2D eigenvalue weighted by Crippen LogP contribution is 2.23. The largest absolute Gasteiger partial charge is 0.465 e. The van der Waals surface area contributed by atoms with E-state index in [4.69, 9.17) is 0 Å². The standard InChI is InChI=1S/C17H16N4O3/c1-24-17(23)12(11-18)10-13-15(20-7-4-5-8-20)19-14-6-2-3-9-21(14)16(13)22/h2-3,6,9-10H,4-5,7-8H2,1H3/b12-10+. The van der Waals surface area contributed by atoms with Gasteiger partial charge in [-0.15, -0.1) is 0 Å². The van der Waals surface area contributed by atoms with E-state index in [-0.39, 0.29) is 16.7 Å². The third-order valence-electron chi connectivity index (χ3n) is 3.97. The maximum atomic E-state index is 12.9. The van der Waals surface area contributed by atoms with Gasteiger partial charge in [0.25, 0.3) is 5.56 Å². The van der Waals surface area contributed by atoms with E-state index in [1.807, 2.05) is 4.90 Å². The van der Waals surface area contributed by atoms with Crippen LogP contribution in [0.25, 0.3) is 11.7 Å². The molecule has 24 heavy (non-hydrogen) atoms. The van der Waals surface area contributed by atoms with E-state index in [9.17, 15) is 14.9 Å². The van der Waals surface area contributed by atoms with Crippen molar-refractivity contribution < 1.29 is 9.53 Å². The summed E-state index contributed by atoms with van der Waals surface area (Å²) in [5.41, 5.74) is 0.201. The van der Waals surface area contributed by atoms with Crippen LogP contribution in [0.15, 0.2) is 34.8 Å². The van der Waals surface area contributed by atoms with Gasteiger partial charge >= 0.3 is 5.97 Å². The molecule has 0 saturated carbocycles. The summed E-state index contributed by atoms with van der Waals surface area (Å²) < 4.78 is 6.00. The summed E-state index contributed by atoms with van der Waals surface area (Å²) in [6.45, 7) is 1.58. The summed E-state index contributed by atoms with van der Waals surface area (Å²) in [5.74, 6) is -0.275. The molecule has 2 aromatic heterocycles. The highest BCUT2D eigenvalue weighted by Gasteiger charge is 2.21. The summed E-state index contributed by atoms with van der Waals surface area (Å²) >= 11 is 0. The highest BCUT2D eigenvalue weighted by atomic mass is 16.5. The Morgan fingerprint density at radius 2 is 2.12 bits per heavy atom. The maximum Gasteiger partial charge on any atom is 0.348 e. The molecule has 1 aliphatic heterocycles. The van der Waals surface area contributed by atoms with Gasteiger partial charge in [-0.2, -0.15) is 5.26 Å². The van der Waals surface area contributed by atoms with Gasteiger partial charge in [-0.3, -0.25) is 9.20 Å². The molecule has 0 aromatic carbocycles. The summed E-state index contributed by atoms with van der Waals surface area (Å²) in [5, 5.41) is 9.19. The first kappa shape index (κ1) is 15.7. The molecule has 7 heteroatoms. The number of carbonyl (C=O) groups is 1. The number of anilines is 1. The number of nitrogens with zero attached hydrogens (tertiary/aromatic N) is 4. The van der Waals surface area contributed by atoms with Crippen molar-refractivity contribution in [2.45, 2.75) is 12.8 Å². The lowest BCUT2D eigenvalue weighted by molar-refractivity contribution is -0.135. The Kier molecular flexibility index (Phi) is 4.29. The summed E-state index contributed by atoms with van der Waals surface area (Å²) in [6.07, 6.45) is 4.91. The molecule has 0 radical (unpaired) electrons. The zero-order chi connectivity index (χ0) is 17.1. The van der Waals surface area contributed by atoms with Crippen molar-refractivity contribution in [2.75, 3.05) is 25.1 Å². The predicted octanol–water partition coefficient (Wildman–Crippen LogP) is 1.37. The fourth-order valence-corrected chi connectivity index (χ4v) is 2.78. The number of esters is 1. The predicted molar refractivity (Wildman–Crippen MR) is 88.5 cm³/mol. The molecule has 0 spiro atoms. The van der Waals surface area contributed by atoms with E-state index in [1.165, 1.54) is 17.6 Å². The molecule has 122 valence electrons. The summed E-state index contributed by atoms with van der Waals surface area (Å²) in [7, 11) is 1.19.